The molecule has 2 heterocycles. The van der Waals surface area contributed by atoms with Crippen LogP contribution in [0.1, 0.15) is 5.56 Å². The first-order valence-corrected chi connectivity index (χ1v) is 13.5. The van der Waals surface area contributed by atoms with Crippen LogP contribution in [0.2, 0.25) is 0 Å². The quantitative estimate of drug-likeness (QED) is 0.135. The van der Waals surface area contributed by atoms with E-state index in [1.165, 1.54) is 34.0 Å². The molecule has 0 bridgehead atoms. The second-order valence-corrected chi connectivity index (χ2v) is 11.1. The Morgan fingerprint density at radius 1 is 1.07 bits per heavy atom. The Balaban J connectivity index is 1.80. The number of aromatic nitrogens is 2. The number of fused-ring (bicyclic) bond motifs is 1. The first-order valence-electron chi connectivity index (χ1n) is 11.6. The van der Waals surface area contributed by atoms with Crippen LogP contribution < -0.4 is 16.0 Å². The van der Waals surface area contributed by atoms with Gasteiger partial charge in [0.05, 0.1) is 9.82 Å². The van der Waals surface area contributed by atoms with E-state index in [1.54, 1.807) is 30.3 Å². The van der Waals surface area contributed by atoms with Crippen molar-refractivity contribution in [3.05, 3.63) is 109 Å². The van der Waals surface area contributed by atoms with Gasteiger partial charge in [0.25, 0.3) is 5.56 Å². The highest BCUT2D eigenvalue weighted by atomic mass is 79.9. The molecule has 40 heavy (non-hydrogen) atoms. The van der Waals surface area contributed by atoms with E-state index in [-0.39, 0.29) is 26.8 Å². The van der Waals surface area contributed by atoms with Gasteiger partial charge < -0.3 is 15.0 Å². The fraction of sp³-hybridized carbons (Fsp3) is 0.0741. The van der Waals surface area contributed by atoms with E-state index in [1.807, 2.05) is 6.92 Å². The molecule has 1 unspecified atom stereocenters. The van der Waals surface area contributed by atoms with E-state index in [0.29, 0.717) is 16.3 Å². The van der Waals surface area contributed by atoms with Crippen molar-refractivity contribution >= 4 is 49.2 Å². The van der Waals surface area contributed by atoms with Crippen molar-refractivity contribution < 1.29 is 22.6 Å². The van der Waals surface area contributed by atoms with Gasteiger partial charge in [-0.1, -0.05) is 17.7 Å². The standard InChI is InChI=1S/C27H19BrF2N4O5S/c1-14-3-6-16(7-4-14)40(38)33-10-9-17-19(13-32(2)27(35)24(17)33)18-12-20(28)23(31)25(34(36)37)26(18)39-22-8-5-15(29)11-21(22)30/h3-13H,31H2,1-2H3. The summed E-state index contributed by atoms with van der Waals surface area (Å²) in [4.78, 5) is 25.1. The molecule has 5 rings (SSSR count). The molecule has 9 nitrogen and oxygen atoms in total. The number of hydrogen-bond acceptors (Lipinski definition) is 6. The van der Waals surface area contributed by atoms with Gasteiger partial charge in [0.1, 0.15) is 17.0 Å². The monoisotopic (exact) mass is 628 g/mol. The highest BCUT2D eigenvalue weighted by Gasteiger charge is 2.30. The average Bonchev–Trinajstić information content (AvgIpc) is 3.35. The van der Waals surface area contributed by atoms with Crippen molar-refractivity contribution in [2.75, 3.05) is 5.73 Å². The minimum atomic E-state index is -1.79. The van der Waals surface area contributed by atoms with E-state index < -0.39 is 50.3 Å². The first kappa shape index (κ1) is 27.2. The van der Waals surface area contributed by atoms with Crippen LogP contribution in [0.4, 0.5) is 20.2 Å². The number of pyridine rings is 1. The number of hydrogen-bond donors (Lipinski definition) is 1. The number of nitro benzene ring substituents is 1. The number of nitrogens with zero attached hydrogens (tertiary/aromatic N) is 3. The van der Waals surface area contributed by atoms with Crippen molar-refractivity contribution in [2.45, 2.75) is 11.8 Å². The largest absolute Gasteiger partial charge is 0.446 e. The molecular formula is C27H19BrF2N4O5S. The summed E-state index contributed by atoms with van der Waals surface area (Å²) in [5.41, 5.74) is 5.97. The summed E-state index contributed by atoms with van der Waals surface area (Å²) >= 11 is 3.24. The van der Waals surface area contributed by atoms with Gasteiger partial charge in [-0.2, -0.15) is 0 Å². The molecule has 2 aromatic heterocycles. The Bertz CT molecular complexity index is 1920. The zero-order valence-electron chi connectivity index (χ0n) is 20.9. The predicted molar refractivity (Wildman–Crippen MR) is 151 cm³/mol. The summed E-state index contributed by atoms with van der Waals surface area (Å²) in [5, 5.41) is 12.4. The van der Waals surface area contributed by atoms with Crippen molar-refractivity contribution in [1.29, 1.82) is 0 Å². The third kappa shape index (κ3) is 4.67. The van der Waals surface area contributed by atoms with Gasteiger partial charge in [-0.25, -0.2) is 13.0 Å². The summed E-state index contributed by atoms with van der Waals surface area (Å²) < 4.78 is 50.0. The van der Waals surface area contributed by atoms with Crippen LogP contribution in [0.15, 0.2) is 81.2 Å². The van der Waals surface area contributed by atoms with Crippen LogP contribution in [0, 0.1) is 28.7 Å². The molecule has 0 amide bonds. The topological polar surface area (TPSA) is 122 Å². The molecule has 0 aliphatic rings. The lowest BCUT2D eigenvalue weighted by Crippen LogP contribution is -2.20. The molecule has 0 fully saturated rings. The molecular weight excluding hydrogens is 610 g/mol. The maximum Gasteiger partial charge on any atom is 0.336 e. The molecule has 0 aliphatic heterocycles. The smallest absolute Gasteiger partial charge is 0.336 e. The Hall–Kier alpha value is -4.36. The number of benzene rings is 3. The summed E-state index contributed by atoms with van der Waals surface area (Å²) in [5.74, 6) is -2.86. The molecule has 5 aromatic rings. The average molecular weight is 629 g/mol. The second kappa shape index (κ2) is 10.3. The molecule has 0 aliphatic carbocycles. The summed E-state index contributed by atoms with van der Waals surface area (Å²) in [6.45, 7) is 1.89. The minimum absolute atomic E-state index is 0.0634. The molecule has 0 saturated heterocycles. The number of halogens is 3. The van der Waals surface area contributed by atoms with Gasteiger partial charge in [-0.15, -0.1) is 0 Å². The number of nitrogens with two attached hydrogens (primary N) is 1. The van der Waals surface area contributed by atoms with E-state index >= 15 is 0 Å². The predicted octanol–water partition coefficient (Wildman–Crippen LogP) is 6.21. The van der Waals surface area contributed by atoms with Crippen molar-refractivity contribution in [2.24, 2.45) is 7.05 Å². The lowest BCUT2D eigenvalue weighted by molar-refractivity contribution is -0.384. The summed E-state index contributed by atoms with van der Waals surface area (Å²) in [6.07, 6.45) is 2.91. The van der Waals surface area contributed by atoms with Crippen LogP contribution in [-0.2, 0) is 18.0 Å². The van der Waals surface area contributed by atoms with E-state index in [2.05, 4.69) is 15.9 Å². The van der Waals surface area contributed by atoms with Crippen LogP contribution in [0.3, 0.4) is 0 Å². The summed E-state index contributed by atoms with van der Waals surface area (Å²) in [7, 11) is -0.324. The number of rotatable bonds is 6. The van der Waals surface area contributed by atoms with Crippen molar-refractivity contribution in [3.63, 3.8) is 0 Å². The molecule has 13 heteroatoms. The van der Waals surface area contributed by atoms with Gasteiger partial charge in [0.15, 0.2) is 22.6 Å². The highest BCUT2D eigenvalue weighted by molar-refractivity contribution is 9.10. The molecule has 204 valence electrons. The summed E-state index contributed by atoms with van der Waals surface area (Å²) in [6, 6.07) is 12.5. The minimum Gasteiger partial charge on any atom is -0.446 e. The van der Waals surface area contributed by atoms with E-state index in [9.17, 15) is 27.9 Å². The lowest BCUT2D eigenvalue weighted by Gasteiger charge is -2.16. The molecule has 1 atom stereocenters. The number of ether oxygens (including phenoxy) is 1. The van der Waals surface area contributed by atoms with E-state index in [0.717, 1.165) is 17.7 Å². The lowest BCUT2D eigenvalue weighted by atomic mass is 10.0. The van der Waals surface area contributed by atoms with Crippen molar-refractivity contribution in [3.8, 4) is 22.6 Å². The van der Waals surface area contributed by atoms with Gasteiger partial charge in [0.2, 0.25) is 5.75 Å². The molecule has 0 radical (unpaired) electrons. The van der Waals surface area contributed by atoms with Gasteiger partial charge in [-0.05, 0) is 59.3 Å². The Morgan fingerprint density at radius 2 is 1.77 bits per heavy atom. The van der Waals surface area contributed by atoms with Crippen LogP contribution in [0.25, 0.3) is 22.0 Å². The molecule has 3 aromatic carbocycles. The number of aryl methyl sites for hydroxylation is 2. The maximum atomic E-state index is 14.6. The Kier molecular flexibility index (Phi) is 7.02. The van der Waals surface area contributed by atoms with Crippen LogP contribution in [0.5, 0.6) is 11.5 Å². The number of nitro groups is 1. The number of anilines is 1. The van der Waals surface area contributed by atoms with Gasteiger partial charge in [0, 0.05) is 46.5 Å². The fourth-order valence-electron chi connectivity index (χ4n) is 4.24. The molecule has 2 N–H and O–H groups in total. The molecule has 0 spiro atoms. The van der Waals surface area contributed by atoms with Gasteiger partial charge >= 0.3 is 5.69 Å². The van der Waals surface area contributed by atoms with Gasteiger partial charge in [-0.3, -0.25) is 18.9 Å². The number of nitrogen functional groups attached to an aromatic ring is 1. The highest BCUT2D eigenvalue weighted by Crippen LogP contribution is 2.49. The third-order valence-electron chi connectivity index (χ3n) is 6.21. The molecule has 0 saturated carbocycles. The third-order valence-corrected chi connectivity index (χ3v) is 8.20. The first-order chi connectivity index (χ1) is 19.0. The van der Waals surface area contributed by atoms with Crippen LogP contribution >= 0.6 is 15.9 Å². The zero-order chi connectivity index (χ0) is 28.9. The normalized spacial score (nSPS) is 12.0. The maximum absolute atomic E-state index is 14.6. The fourth-order valence-corrected chi connectivity index (χ4v) is 5.76. The Morgan fingerprint density at radius 3 is 2.42 bits per heavy atom. The SMILES string of the molecule is Cc1ccc(S(=O)n2ccc3c(-c4cc(Br)c(N)c([N+](=O)[O-])c4Oc4ccc(F)cc4F)cn(C)c(=O)c32)cc1. The van der Waals surface area contributed by atoms with E-state index in [4.69, 9.17) is 10.5 Å². The zero-order valence-corrected chi connectivity index (χ0v) is 23.3. The van der Waals surface area contributed by atoms with Crippen molar-refractivity contribution in [1.82, 2.24) is 8.54 Å². The Labute approximate surface area is 236 Å². The van der Waals surface area contributed by atoms with Crippen LogP contribution in [-0.4, -0.2) is 17.7 Å². The second-order valence-electron chi connectivity index (χ2n) is 8.86.